The number of ether oxygens (including phenoxy) is 1. The number of aryl methyl sites for hydroxylation is 1. The van der Waals surface area contributed by atoms with Gasteiger partial charge in [0.15, 0.2) is 0 Å². The molecule has 1 aliphatic rings. The maximum Gasteiger partial charge on any atom is 0.265 e. The van der Waals surface area contributed by atoms with Crippen molar-refractivity contribution in [3.8, 4) is 5.75 Å². The van der Waals surface area contributed by atoms with E-state index in [9.17, 15) is 0 Å². The maximum atomic E-state index is 5.86. The first-order valence-electron chi connectivity index (χ1n) is 7.16. The summed E-state index contributed by atoms with van der Waals surface area (Å²) >= 11 is 0. The number of aromatic nitrogens is 2. The van der Waals surface area contributed by atoms with Crippen LogP contribution in [0, 0.1) is 0 Å². The summed E-state index contributed by atoms with van der Waals surface area (Å²) in [6, 6.07) is 8.50. The summed E-state index contributed by atoms with van der Waals surface area (Å²) < 4.78 is 11.1. The molecule has 1 aromatic carbocycles. The van der Waals surface area contributed by atoms with Crippen molar-refractivity contribution >= 4 is 5.95 Å². The van der Waals surface area contributed by atoms with Crippen LogP contribution < -0.4 is 15.0 Å². The number of nitrogens with zero attached hydrogens (tertiary/aromatic N) is 3. The molecule has 1 unspecified atom stereocenters. The van der Waals surface area contributed by atoms with Gasteiger partial charge in [0.05, 0.1) is 6.54 Å². The van der Waals surface area contributed by atoms with Crippen LogP contribution >= 0.6 is 0 Å². The number of rotatable bonds is 4. The predicted octanol–water partition coefficient (Wildman–Crippen LogP) is 1.62. The molecule has 0 saturated carbocycles. The van der Waals surface area contributed by atoms with Crippen molar-refractivity contribution in [2.24, 2.45) is 0 Å². The molecular weight excluding hydrogens is 268 g/mol. The zero-order valence-corrected chi connectivity index (χ0v) is 12.4. The number of benzene rings is 1. The van der Waals surface area contributed by atoms with Crippen LogP contribution in [-0.4, -0.2) is 36.9 Å². The van der Waals surface area contributed by atoms with Crippen LogP contribution in [-0.2, 0) is 13.0 Å². The fourth-order valence-electron chi connectivity index (χ4n) is 2.35. The van der Waals surface area contributed by atoms with E-state index in [1.54, 1.807) is 0 Å². The van der Waals surface area contributed by atoms with Crippen molar-refractivity contribution < 1.29 is 9.26 Å². The van der Waals surface area contributed by atoms with Crippen molar-refractivity contribution in [1.82, 2.24) is 15.5 Å². The molecule has 3 rings (SSSR count). The molecule has 0 bridgehead atoms. The van der Waals surface area contributed by atoms with Crippen molar-refractivity contribution in [3.05, 3.63) is 35.7 Å². The molecule has 0 aliphatic carbocycles. The molecular formula is C15H20N4O2. The van der Waals surface area contributed by atoms with Gasteiger partial charge in [-0.15, -0.1) is 0 Å². The van der Waals surface area contributed by atoms with Gasteiger partial charge in [-0.25, -0.2) is 0 Å². The Morgan fingerprint density at radius 2 is 2.19 bits per heavy atom. The number of nitrogens with one attached hydrogen (secondary N) is 1. The molecule has 1 atom stereocenters. The number of fused-ring (bicyclic) bond motifs is 1. The largest absolute Gasteiger partial charge is 0.492 e. The fraction of sp³-hybridized carbons (Fsp3) is 0.467. The van der Waals surface area contributed by atoms with Gasteiger partial charge in [0.2, 0.25) is 5.89 Å². The van der Waals surface area contributed by atoms with Gasteiger partial charge in [0.1, 0.15) is 12.4 Å². The maximum absolute atomic E-state index is 5.86. The minimum absolute atomic E-state index is 0.284. The summed E-state index contributed by atoms with van der Waals surface area (Å²) in [5.41, 5.74) is 1.27. The third-order valence-electron chi connectivity index (χ3n) is 3.57. The zero-order chi connectivity index (χ0) is 14.7. The lowest BCUT2D eigenvalue weighted by atomic mass is 10.1. The second-order valence-corrected chi connectivity index (χ2v) is 5.42. The van der Waals surface area contributed by atoms with E-state index in [1.165, 1.54) is 5.56 Å². The van der Waals surface area contributed by atoms with Crippen LogP contribution in [0.1, 0.15) is 17.9 Å². The topological polar surface area (TPSA) is 63.4 Å². The van der Waals surface area contributed by atoms with Crippen LogP contribution in [0.15, 0.2) is 28.8 Å². The van der Waals surface area contributed by atoms with Crippen molar-refractivity contribution in [2.75, 3.05) is 25.6 Å². The molecule has 0 spiro atoms. The lowest BCUT2D eigenvalue weighted by Gasteiger charge is -2.14. The Bertz CT molecular complexity index is 570. The molecule has 2 heterocycles. The monoisotopic (exact) mass is 288 g/mol. The van der Waals surface area contributed by atoms with Gasteiger partial charge < -0.3 is 19.5 Å². The van der Waals surface area contributed by atoms with Crippen molar-refractivity contribution in [2.45, 2.75) is 25.4 Å². The second kappa shape index (κ2) is 6.13. The van der Waals surface area contributed by atoms with E-state index in [0.717, 1.165) is 18.6 Å². The number of hydrogen-bond acceptors (Lipinski definition) is 6. The van der Waals surface area contributed by atoms with E-state index in [-0.39, 0.29) is 6.04 Å². The molecule has 6 nitrogen and oxygen atoms in total. The van der Waals surface area contributed by atoms with E-state index in [4.69, 9.17) is 9.26 Å². The summed E-state index contributed by atoms with van der Waals surface area (Å²) in [7, 11) is 3.77. The smallest absolute Gasteiger partial charge is 0.265 e. The minimum atomic E-state index is 0.284. The van der Waals surface area contributed by atoms with Gasteiger partial charge in [0.25, 0.3) is 5.95 Å². The highest BCUT2D eigenvalue weighted by Gasteiger charge is 2.17. The molecule has 0 amide bonds. The minimum Gasteiger partial charge on any atom is -0.492 e. The van der Waals surface area contributed by atoms with Crippen LogP contribution in [0.3, 0.4) is 0 Å². The van der Waals surface area contributed by atoms with E-state index in [1.807, 2.05) is 31.1 Å². The summed E-state index contributed by atoms with van der Waals surface area (Å²) in [4.78, 5) is 6.12. The first-order valence-corrected chi connectivity index (χ1v) is 7.16. The number of para-hydroxylation sites is 1. The lowest BCUT2D eigenvalue weighted by molar-refractivity contribution is 0.259. The predicted molar refractivity (Wildman–Crippen MR) is 79.5 cm³/mol. The van der Waals surface area contributed by atoms with Crippen LogP contribution in [0.2, 0.25) is 0 Å². The third-order valence-corrected chi connectivity index (χ3v) is 3.57. The average Bonchev–Trinajstić information content (AvgIpc) is 2.87. The van der Waals surface area contributed by atoms with Gasteiger partial charge in [-0.1, -0.05) is 18.2 Å². The van der Waals surface area contributed by atoms with Crippen molar-refractivity contribution in [1.29, 1.82) is 0 Å². The average molecular weight is 288 g/mol. The fourth-order valence-corrected chi connectivity index (χ4v) is 2.35. The standard InChI is InChI=1S/C15H20N4O2/c1-19(2)15-17-14(21-18-15)9-16-12-8-7-11-5-3-4-6-13(11)20-10-12/h3-6,12,16H,7-10H2,1-2H3. The van der Waals surface area contributed by atoms with Gasteiger partial charge in [0, 0.05) is 20.1 Å². The highest BCUT2D eigenvalue weighted by Crippen LogP contribution is 2.23. The van der Waals surface area contributed by atoms with E-state index in [2.05, 4.69) is 27.6 Å². The van der Waals surface area contributed by atoms with E-state index in [0.29, 0.717) is 25.0 Å². The van der Waals surface area contributed by atoms with Crippen LogP contribution in [0.4, 0.5) is 5.95 Å². The Morgan fingerprint density at radius 1 is 1.33 bits per heavy atom. The Balaban J connectivity index is 1.55. The number of anilines is 1. The van der Waals surface area contributed by atoms with Crippen LogP contribution in [0.5, 0.6) is 5.75 Å². The second-order valence-electron chi connectivity index (χ2n) is 5.42. The van der Waals surface area contributed by atoms with Crippen LogP contribution in [0.25, 0.3) is 0 Å². The first-order chi connectivity index (χ1) is 10.2. The van der Waals surface area contributed by atoms with Crippen molar-refractivity contribution in [3.63, 3.8) is 0 Å². The Labute approximate surface area is 124 Å². The van der Waals surface area contributed by atoms with Gasteiger partial charge in [-0.3, -0.25) is 0 Å². The molecule has 0 saturated heterocycles. The molecule has 6 heteroatoms. The molecule has 112 valence electrons. The quantitative estimate of drug-likeness (QED) is 0.922. The Hall–Kier alpha value is -2.08. The molecule has 2 aromatic rings. The molecule has 21 heavy (non-hydrogen) atoms. The van der Waals surface area contributed by atoms with Gasteiger partial charge in [-0.2, -0.15) is 4.98 Å². The summed E-state index contributed by atoms with van der Waals surface area (Å²) in [6.45, 7) is 1.22. The zero-order valence-electron chi connectivity index (χ0n) is 12.4. The molecule has 0 radical (unpaired) electrons. The molecule has 1 N–H and O–H groups in total. The van der Waals surface area contributed by atoms with Gasteiger partial charge >= 0.3 is 0 Å². The molecule has 1 aromatic heterocycles. The SMILES string of the molecule is CN(C)c1noc(CNC2CCc3ccccc3OC2)n1. The summed E-state index contributed by atoms with van der Waals surface area (Å²) in [5.74, 6) is 2.19. The normalized spacial score (nSPS) is 17.7. The van der Waals surface area contributed by atoms with E-state index >= 15 is 0 Å². The van der Waals surface area contributed by atoms with E-state index < -0.39 is 0 Å². The molecule has 0 fully saturated rings. The third kappa shape index (κ3) is 3.33. The summed E-state index contributed by atoms with van der Waals surface area (Å²) in [5, 5.41) is 7.32. The number of hydrogen-bond donors (Lipinski definition) is 1. The van der Waals surface area contributed by atoms with Gasteiger partial charge in [-0.05, 0) is 29.6 Å². The highest BCUT2D eigenvalue weighted by atomic mass is 16.5. The lowest BCUT2D eigenvalue weighted by Crippen LogP contribution is -2.33. The highest BCUT2D eigenvalue weighted by molar-refractivity contribution is 5.34. The first kappa shape index (κ1) is 13.9. The Kier molecular flexibility index (Phi) is 4.06. The molecule has 1 aliphatic heterocycles. The Morgan fingerprint density at radius 3 is 3.00 bits per heavy atom. The summed E-state index contributed by atoms with van der Waals surface area (Å²) in [6.07, 6.45) is 2.05.